The summed E-state index contributed by atoms with van der Waals surface area (Å²) in [5.41, 5.74) is 3.48. The molecule has 1 aromatic carbocycles. The third-order valence-corrected chi connectivity index (χ3v) is 5.36. The fourth-order valence-corrected chi connectivity index (χ4v) is 3.96. The number of aryl methyl sites for hydroxylation is 1. The van der Waals surface area contributed by atoms with Gasteiger partial charge >= 0.3 is 6.18 Å². The van der Waals surface area contributed by atoms with Gasteiger partial charge in [0.2, 0.25) is 0 Å². The summed E-state index contributed by atoms with van der Waals surface area (Å²) in [5, 5.41) is 5.06. The molecule has 1 aliphatic heterocycles. The van der Waals surface area contributed by atoms with Crippen LogP contribution in [0.4, 0.5) is 13.2 Å². The van der Waals surface area contributed by atoms with E-state index in [2.05, 4.69) is 10.1 Å². The fourth-order valence-electron chi connectivity index (χ4n) is 3.96. The van der Waals surface area contributed by atoms with Gasteiger partial charge in [0.05, 0.1) is 17.8 Å². The molecule has 6 nitrogen and oxygen atoms in total. The van der Waals surface area contributed by atoms with E-state index in [1.165, 1.54) is 6.92 Å². The summed E-state index contributed by atoms with van der Waals surface area (Å²) in [6, 6.07) is 7.37. The number of hydrogen-bond donors (Lipinski definition) is 0. The third kappa shape index (κ3) is 4.62. The zero-order valence-electron chi connectivity index (χ0n) is 17.5. The van der Waals surface area contributed by atoms with Crippen molar-refractivity contribution >= 4 is 16.7 Å². The molecule has 4 rings (SSSR count). The molecule has 3 heterocycles. The van der Waals surface area contributed by atoms with Gasteiger partial charge in [-0.3, -0.25) is 14.4 Å². The van der Waals surface area contributed by atoms with E-state index in [-0.39, 0.29) is 12.3 Å². The number of aromatic nitrogens is 3. The number of carbonyl (C=O) groups is 1. The Hall–Kier alpha value is -2.78. The molecule has 3 aromatic rings. The Kier molecular flexibility index (Phi) is 5.57. The van der Waals surface area contributed by atoms with E-state index >= 15 is 0 Å². The molecular weight excluding hydrogens is 409 g/mol. The van der Waals surface area contributed by atoms with Crippen LogP contribution in [0.5, 0.6) is 0 Å². The van der Waals surface area contributed by atoms with Crippen molar-refractivity contribution in [2.24, 2.45) is 7.05 Å². The minimum atomic E-state index is -4.40. The van der Waals surface area contributed by atoms with Gasteiger partial charge in [-0.25, -0.2) is 4.98 Å². The third-order valence-electron chi connectivity index (χ3n) is 5.36. The zero-order valence-corrected chi connectivity index (χ0v) is 17.5. The normalized spacial score (nSPS) is 20.3. The summed E-state index contributed by atoms with van der Waals surface area (Å²) in [6.45, 7) is 3.63. The molecule has 164 valence electrons. The number of fused-ring (bicyclic) bond motifs is 1. The Labute approximate surface area is 177 Å². The number of nitrogens with zero attached hydrogens (tertiary/aromatic N) is 4. The van der Waals surface area contributed by atoms with Crippen LogP contribution < -0.4 is 0 Å². The number of rotatable bonds is 4. The predicted octanol–water partition coefficient (Wildman–Crippen LogP) is 3.99. The molecule has 0 radical (unpaired) electrons. The smallest absolute Gasteiger partial charge is 0.363 e. The second-order valence-electron chi connectivity index (χ2n) is 8.04. The number of carbonyl (C=O) groups excluding carboxylic acids is 1. The molecule has 2 aromatic heterocycles. The van der Waals surface area contributed by atoms with Crippen LogP contribution in [0, 0.1) is 0 Å². The molecule has 9 heteroatoms. The van der Waals surface area contributed by atoms with Crippen LogP contribution in [0.25, 0.3) is 22.0 Å². The van der Waals surface area contributed by atoms with Crippen molar-refractivity contribution < 1.29 is 22.7 Å². The Morgan fingerprint density at radius 2 is 2.03 bits per heavy atom. The second-order valence-corrected chi connectivity index (χ2v) is 8.04. The molecule has 1 fully saturated rings. The lowest BCUT2D eigenvalue weighted by molar-refractivity contribution is -0.252. The Bertz CT molecular complexity index is 1130. The molecule has 0 bridgehead atoms. The average Bonchev–Trinajstić information content (AvgIpc) is 3.12. The summed E-state index contributed by atoms with van der Waals surface area (Å²) in [7, 11) is 1.81. The fraction of sp³-hybridized carbons (Fsp3) is 0.409. The first-order valence-electron chi connectivity index (χ1n) is 9.98. The number of Topliss-reactive ketones (excluding diaryl/α,β-unsaturated/α-hetero) is 1. The molecule has 31 heavy (non-hydrogen) atoms. The summed E-state index contributed by atoms with van der Waals surface area (Å²) in [5.74, 6) is -0.160. The van der Waals surface area contributed by atoms with Gasteiger partial charge in [0, 0.05) is 50.8 Å². The van der Waals surface area contributed by atoms with Crippen molar-refractivity contribution in [2.45, 2.75) is 38.8 Å². The van der Waals surface area contributed by atoms with Gasteiger partial charge in [-0.2, -0.15) is 18.3 Å². The maximum Gasteiger partial charge on any atom is 0.415 e. The van der Waals surface area contributed by atoms with Gasteiger partial charge in [0.25, 0.3) is 0 Å². The highest BCUT2D eigenvalue weighted by Crippen LogP contribution is 2.31. The van der Waals surface area contributed by atoms with Crippen molar-refractivity contribution in [1.82, 2.24) is 19.7 Å². The summed E-state index contributed by atoms with van der Waals surface area (Å²) in [4.78, 5) is 18.3. The highest BCUT2D eigenvalue weighted by atomic mass is 19.4. The quantitative estimate of drug-likeness (QED) is 0.584. The van der Waals surface area contributed by atoms with Crippen LogP contribution in [0.15, 0.2) is 36.7 Å². The van der Waals surface area contributed by atoms with Crippen LogP contribution in [0.3, 0.4) is 0 Å². The summed E-state index contributed by atoms with van der Waals surface area (Å²) in [6.07, 6.45) is -3.12. The molecule has 0 saturated carbocycles. The van der Waals surface area contributed by atoms with Crippen LogP contribution in [0.2, 0.25) is 0 Å². The number of hydrogen-bond acceptors (Lipinski definition) is 5. The van der Waals surface area contributed by atoms with Gasteiger partial charge < -0.3 is 4.74 Å². The molecule has 0 aliphatic carbocycles. The van der Waals surface area contributed by atoms with Gasteiger partial charge in [-0.05, 0) is 30.2 Å². The lowest BCUT2D eigenvalue weighted by Crippen LogP contribution is -2.51. The minimum Gasteiger partial charge on any atom is -0.363 e. The van der Waals surface area contributed by atoms with E-state index in [1.54, 1.807) is 28.8 Å². The minimum absolute atomic E-state index is 0.160. The van der Waals surface area contributed by atoms with Gasteiger partial charge in [-0.15, -0.1) is 0 Å². The standard InChI is InChI=1S/C22H23F3N4O2/c1-13-9-29(12-21(31-13)22(23,24)25)10-15-4-5-17-18(16-8-26-28(3)11-16)7-19(14(2)30)27-20(17)6-15/h4-8,11,13,21H,9-10,12H2,1-3H3/t13-,21+/m1/s1. The van der Waals surface area contributed by atoms with E-state index in [9.17, 15) is 18.0 Å². The lowest BCUT2D eigenvalue weighted by Gasteiger charge is -2.37. The van der Waals surface area contributed by atoms with Crippen LogP contribution >= 0.6 is 0 Å². The molecule has 2 atom stereocenters. The monoisotopic (exact) mass is 432 g/mol. The summed E-state index contributed by atoms with van der Waals surface area (Å²) >= 11 is 0. The van der Waals surface area contributed by atoms with Crippen LogP contribution in [0.1, 0.15) is 29.9 Å². The van der Waals surface area contributed by atoms with Gasteiger partial charge in [0.1, 0.15) is 5.69 Å². The van der Waals surface area contributed by atoms with Gasteiger partial charge in [-0.1, -0.05) is 12.1 Å². The first kappa shape index (κ1) is 21.5. The predicted molar refractivity (Wildman–Crippen MR) is 110 cm³/mol. The van der Waals surface area contributed by atoms with E-state index in [0.717, 1.165) is 22.1 Å². The molecule has 0 N–H and O–H groups in total. The zero-order chi connectivity index (χ0) is 22.3. The molecule has 1 saturated heterocycles. The van der Waals surface area contributed by atoms with Crippen LogP contribution in [-0.2, 0) is 18.3 Å². The van der Waals surface area contributed by atoms with E-state index < -0.39 is 18.4 Å². The van der Waals surface area contributed by atoms with Crippen molar-refractivity contribution in [1.29, 1.82) is 0 Å². The molecule has 0 spiro atoms. The average molecular weight is 432 g/mol. The Morgan fingerprint density at radius 3 is 2.68 bits per heavy atom. The molecule has 0 unspecified atom stereocenters. The number of alkyl halides is 3. The first-order valence-corrected chi connectivity index (χ1v) is 9.98. The van der Waals surface area contributed by atoms with Crippen molar-refractivity contribution in [3.8, 4) is 11.1 Å². The lowest BCUT2D eigenvalue weighted by atomic mass is 10.00. The molecule has 1 aliphatic rings. The molecule has 0 amide bonds. The first-order chi connectivity index (χ1) is 14.6. The maximum atomic E-state index is 13.2. The number of halogens is 3. The van der Waals surface area contributed by atoms with Crippen molar-refractivity contribution in [2.75, 3.05) is 13.1 Å². The van der Waals surface area contributed by atoms with Gasteiger partial charge in [0.15, 0.2) is 11.9 Å². The number of ketones is 1. The maximum absolute atomic E-state index is 13.2. The highest BCUT2D eigenvalue weighted by molar-refractivity contribution is 6.01. The molecular formula is C22H23F3N4O2. The largest absolute Gasteiger partial charge is 0.415 e. The summed E-state index contributed by atoms with van der Waals surface area (Å²) < 4.78 is 46.2. The number of ether oxygens (including phenoxy) is 1. The Balaban J connectivity index is 1.68. The van der Waals surface area contributed by atoms with E-state index in [4.69, 9.17) is 4.74 Å². The second kappa shape index (κ2) is 8.05. The van der Waals surface area contributed by atoms with E-state index in [1.807, 2.05) is 31.4 Å². The topological polar surface area (TPSA) is 60.2 Å². The Morgan fingerprint density at radius 1 is 1.26 bits per heavy atom. The van der Waals surface area contributed by atoms with E-state index in [0.29, 0.717) is 24.3 Å². The number of pyridine rings is 1. The van der Waals surface area contributed by atoms with Crippen molar-refractivity contribution in [3.05, 3.63) is 47.9 Å². The number of benzene rings is 1. The highest BCUT2D eigenvalue weighted by Gasteiger charge is 2.44. The SMILES string of the molecule is CC(=O)c1cc(-c2cnn(C)c2)c2ccc(CN3C[C@@H](C)O[C@H](C(F)(F)F)C3)cc2n1. The number of morpholine rings is 1. The van der Waals surface area contributed by atoms with Crippen molar-refractivity contribution in [3.63, 3.8) is 0 Å². The van der Waals surface area contributed by atoms with Crippen LogP contribution in [-0.4, -0.2) is 56.9 Å².